The molecule has 0 aliphatic heterocycles. The summed E-state index contributed by atoms with van der Waals surface area (Å²) in [6.07, 6.45) is 0.617. The van der Waals surface area contributed by atoms with Gasteiger partial charge in [0.25, 0.3) is 0 Å². The maximum absolute atomic E-state index is 11.0. The van der Waals surface area contributed by atoms with Crippen LogP contribution in [0.15, 0.2) is 12.2 Å². The lowest BCUT2D eigenvalue weighted by atomic mass is 10.2. The first-order chi connectivity index (χ1) is 5.61. The Kier molecular flexibility index (Phi) is 5.37. The zero-order valence-corrected chi connectivity index (χ0v) is 7.67. The molecule has 1 atom stereocenters. The molecule has 0 radical (unpaired) electrons. The summed E-state index contributed by atoms with van der Waals surface area (Å²) in [6, 6.07) is 0. The molecule has 0 aromatic rings. The third-order valence-electron chi connectivity index (χ3n) is 1.59. The number of rotatable bonds is 5. The number of carbonyl (C=O) groups excluding carboxylic acids is 1. The lowest BCUT2D eigenvalue weighted by molar-refractivity contribution is -0.142. The Labute approximate surface area is 73.0 Å². The van der Waals surface area contributed by atoms with E-state index in [0.717, 1.165) is 0 Å². The van der Waals surface area contributed by atoms with Gasteiger partial charge in [-0.2, -0.15) is 0 Å². The molecular weight excluding hydrogens is 156 g/mol. The van der Waals surface area contributed by atoms with Crippen molar-refractivity contribution in [2.24, 2.45) is 0 Å². The highest BCUT2D eigenvalue weighted by atomic mass is 16.5. The lowest BCUT2D eigenvalue weighted by Gasteiger charge is -2.08. The van der Waals surface area contributed by atoms with E-state index in [2.05, 4.69) is 6.58 Å². The summed E-state index contributed by atoms with van der Waals surface area (Å²) in [5, 5.41) is 9.05. The van der Waals surface area contributed by atoms with Crippen molar-refractivity contribution in [3.63, 3.8) is 0 Å². The fraction of sp³-hybridized carbons (Fsp3) is 0.667. The second-order valence-corrected chi connectivity index (χ2v) is 2.62. The van der Waals surface area contributed by atoms with Gasteiger partial charge in [0.05, 0.1) is 6.10 Å². The number of esters is 1. The Balaban J connectivity index is 3.64. The summed E-state index contributed by atoms with van der Waals surface area (Å²) in [4.78, 5) is 11.0. The van der Waals surface area contributed by atoms with E-state index < -0.39 is 12.1 Å². The molecule has 3 nitrogen and oxygen atoms in total. The smallest absolute Gasteiger partial charge is 0.333 e. The van der Waals surface area contributed by atoms with Gasteiger partial charge in [0.1, 0.15) is 6.61 Å². The van der Waals surface area contributed by atoms with Crippen molar-refractivity contribution in [2.75, 3.05) is 6.61 Å². The normalized spacial score (nSPS) is 12.2. The van der Waals surface area contributed by atoms with Crippen LogP contribution in [-0.4, -0.2) is 23.8 Å². The minimum Gasteiger partial charge on any atom is -0.460 e. The van der Waals surface area contributed by atoms with Crippen LogP contribution in [-0.2, 0) is 9.53 Å². The van der Waals surface area contributed by atoms with Crippen molar-refractivity contribution < 1.29 is 14.6 Å². The molecule has 0 saturated heterocycles. The molecule has 0 rings (SSSR count). The fourth-order valence-corrected chi connectivity index (χ4v) is 0.536. The Morgan fingerprint density at radius 2 is 2.17 bits per heavy atom. The zero-order chi connectivity index (χ0) is 9.56. The van der Waals surface area contributed by atoms with Crippen LogP contribution >= 0.6 is 0 Å². The van der Waals surface area contributed by atoms with E-state index in [0.29, 0.717) is 18.4 Å². The first kappa shape index (κ1) is 11.2. The molecule has 1 N–H and O–H groups in total. The first-order valence-electron chi connectivity index (χ1n) is 4.14. The Bertz CT molecular complexity index is 163. The van der Waals surface area contributed by atoms with E-state index in [9.17, 15) is 4.79 Å². The van der Waals surface area contributed by atoms with Gasteiger partial charge in [0, 0.05) is 5.57 Å². The van der Waals surface area contributed by atoms with Gasteiger partial charge in [-0.25, -0.2) is 4.79 Å². The summed E-state index contributed by atoms with van der Waals surface area (Å²) in [5.74, 6) is -0.412. The Morgan fingerprint density at radius 1 is 1.58 bits per heavy atom. The van der Waals surface area contributed by atoms with E-state index in [1.54, 1.807) is 0 Å². The monoisotopic (exact) mass is 172 g/mol. The minimum atomic E-state index is -0.557. The molecule has 0 fully saturated rings. The van der Waals surface area contributed by atoms with Gasteiger partial charge in [-0.15, -0.1) is 0 Å². The highest BCUT2D eigenvalue weighted by Crippen LogP contribution is 2.00. The molecule has 0 aromatic carbocycles. The predicted octanol–water partition coefficient (Wildman–Crippen LogP) is 1.27. The van der Waals surface area contributed by atoms with Crippen LogP contribution < -0.4 is 0 Å². The van der Waals surface area contributed by atoms with Gasteiger partial charge in [-0.1, -0.05) is 20.4 Å². The predicted molar refractivity (Wildman–Crippen MR) is 46.7 cm³/mol. The summed E-state index contributed by atoms with van der Waals surface area (Å²) in [5.41, 5.74) is 0.443. The molecule has 0 heterocycles. The van der Waals surface area contributed by atoms with Crippen molar-refractivity contribution in [2.45, 2.75) is 32.8 Å². The van der Waals surface area contributed by atoms with E-state index in [1.165, 1.54) is 0 Å². The third-order valence-corrected chi connectivity index (χ3v) is 1.59. The summed E-state index contributed by atoms with van der Waals surface area (Å²) >= 11 is 0. The van der Waals surface area contributed by atoms with Crippen LogP contribution in [0.1, 0.15) is 26.7 Å². The van der Waals surface area contributed by atoms with Crippen LogP contribution in [0.4, 0.5) is 0 Å². The highest BCUT2D eigenvalue weighted by Gasteiger charge is 2.08. The van der Waals surface area contributed by atoms with E-state index in [-0.39, 0.29) is 6.61 Å². The van der Waals surface area contributed by atoms with Crippen LogP contribution in [0.3, 0.4) is 0 Å². The third kappa shape index (κ3) is 4.13. The minimum absolute atomic E-state index is 0.0638. The Morgan fingerprint density at radius 3 is 2.58 bits per heavy atom. The number of aliphatic hydroxyl groups is 1. The van der Waals surface area contributed by atoms with Gasteiger partial charge < -0.3 is 9.84 Å². The lowest BCUT2D eigenvalue weighted by Crippen LogP contribution is -2.18. The van der Waals surface area contributed by atoms with Crippen molar-refractivity contribution in [3.8, 4) is 0 Å². The molecule has 0 saturated carbocycles. The standard InChI is InChI=1S/C9H16O3/c1-4-7(3)9(11)12-6-8(10)5-2/h8,10H,3-6H2,1-2H3. The van der Waals surface area contributed by atoms with Crippen molar-refractivity contribution in [1.29, 1.82) is 0 Å². The molecule has 0 amide bonds. The number of ether oxygens (including phenoxy) is 1. The quantitative estimate of drug-likeness (QED) is 0.501. The molecule has 0 aromatic heterocycles. The fourth-order valence-electron chi connectivity index (χ4n) is 0.536. The average molecular weight is 172 g/mol. The van der Waals surface area contributed by atoms with Crippen molar-refractivity contribution >= 4 is 5.97 Å². The summed E-state index contributed by atoms with van der Waals surface area (Å²) in [7, 11) is 0. The second-order valence-electron chi connectivity index (χ2n) is 2.62. The molecule has 0 spiro atoms. The summed E-state index contributed by atoms with van der Waals surface area (Å²) in [6.45, 7) is 7.24. The first-order valence-corrected chi connectivity index (χ1v) is 4.14. The van der Waals surface area contributed by atoms with Crippen LogP contribution in [0.25, 0.3) is 0 Å². The molecule has 12 heavy (non-hydrogen) atoms. The van der Waals surface area contributed by atoms with Crippen molar-refractivity contribution in [1.82, 2.24) is 0 Å². The summed E-state index contributed by atoms with van der Waals surface area (Å²) < 4.78 is 4.76. The van der Waals surface area contributed by atoms with Gasteiger partial charge >= 0.3 is 5.97 Å². The van der Waals surface area contributed by atoms with E-state index in [4.69, 9.17) is 9.84 Å². The molecule has 0 aliphatic carbocycles. The molecule has 0 aliphatic rings. The number of aliphatic hydroxyl groups excluding tert-OH is 1. The molecule has 1 unspecified atom stereocenters. The Hall–Kier alpha value is -0.830. The largest absolute Gasteiger partial charge is 0.460 e. The number of carbonyl (C=O) groups is 1. The van der Waals surface area contributed by atoms with Crippen molar-refractivity contribution in [3.05, 3.63) is 12.2 Å². The van der Waals surface area contributed by atoms with Crippen LogP contribution in [0.5, 0.6) is 0 Å². The zero-order valence-electron chi connectivity index (χ0n) is 7.67. The topological polar surface area (TPSA) is 46.5 Å². The maximum Gasteiger partial charge on any atom is 0.333 e. The van der Waals surface area contributed by atoms with Crippen LogP contribution in [0, 0.1) is 0 Å². The molecule has 3 heteroatoms. The van der Waals surface area contributed by atoms with Gasteiger partial charge in [-0.05, 0) is 12.8 Å². The van der Waals surface area contributed by atoms with Crippen LogP contribution in [0.2, 0.25) is 0 Å². The molecular formula is C9H16O3. The number of hydrogen-bond acceptors (Lipinski definition) is 3. The second kappa shape index (κ2) is 5.77. The molecule has 70 valence electrons. The van der Waals surface area contributed by atoms with Gasteiger partial charge in [0.2, 0.25) is 0 Å². The highest BCUT2D eigenvalue weighted by molar-refractivity contribution is 5.87. The average Bonchev–Trinajstić information content (AvgIpc) is 2.11. The van der Waals surface area contributed by atoms with Gasteiger partial charge in [0.15, 0.2) is 0 Å². The maximum atomic E-state index is 11.0. The van der Waals surface area contributed by atoms with E-state index >= 15 is 0 Å². The SMILES string of the molecule is C=C(CC)C(=O)OCC(O)CC. The number of hydrogen-bond donors (Lipinski definition) is 1. The van der Waals surface area contributed by atoms with Gasteiger partial charge in [-0.3, -0.25) is 0 Å². The molecule has 0 bridgehead atoms. The van der Waals surface area contributed by atoms with E-state index in [1.807, 2.05) is 13.8 Å².